The molecular weight excluding hydrogens is 398 g/mol. The van der Waals surface area contributed by atoms with E-state index in [1.54, 1.807) is 6.07 Å². The number of nitrogens with one attached hydrogen (secondary N) is 1. The Labute approximate surface area is 175 Å². The van der Waals surface area contributed by atoms with Crippen LogP contribution >= 0.6 is 12.4 Å². The molecule has 160 valence electrons. The molecule has 2 aliphatic rings. The summed E-state index contributed by atoms with van der Waals surface area (Å²) in [6, 6.07) is 6.13. The summed E-state index contributed by atoms with van der Waals surface area (Å²) in [5.74, 6) is 0.731. The van der Waals surface area contributed by atoms with E-state index >= 15 is 0 Å². The first-order valence-electron chi connectivity index (χ1n) is 10.2. The molecule has 0 aromatic heterocycles. The van der Waals surface area contributed by atoms with Gasteiger partial charge in [-0.3, -0.25) is 4.90 Å². The molecule has 1 heterocycles. The molecule has 0 bridgehead atoms. The molecule has 2 N–H and O–H groups in total. The number of rotatable bonds is 7. The van der Waals surface area contributed by atoms with E-state index in [1.165, 1.54) is 9.87 Å². The van der Waals surface area contributed by atoms with Crippen molar-refractivity contribution in [2.45, 2.75) is 58.5 Å². The zero-order chi connectivity index (χ0) is 19.6. The lowest BCUT2D eigenvalue weighted by Crippen LogP contribution is -2.59. The Kier molecular flexibility index (Phi) is 8.16. The molecular formula is C20H34ClN3O3S. The second-order valence-corrected chi connectivity index (χ2v) is 9.49. The van der Waals surface area contributed by atoms with Gasteiger partial charge in [0.1, 0.15) is 5.75 Å². The van der Waals surface area contributed by atoms with Gasteiger partial charge in [-0.25, -0.2) is 0 Å². The number of aromatic hydroxyl groups is 1. The van der Waals surface area contributed by atoms with Crippen molar-refractivity contribution in [2.75, 3.05) is 26.2 Å². The number of phenolic OH excluding ortho intramolecular Hbond substituents is 1. The summed E-state index contributed by atoms with van der Waals surface area (Å²) >= 11 is 0. The summed E-state index contributed by atoms with van der Waals surface area (Å²) in [7, 11) is -3.46. The van der Waals surface area contributed by atoms with Gasteiger partial charge in [0.2, 0.25) is 0 Å². The van der Waals surface area contributed by atoms with Gasteiger partial charge in [0.15, 0.2) is 0 Å². The van der Waals surface area contributed by atoms with Crippen molar-refractivity contribution < 1.29 is 13.5 Å². The predicted octanol–water partition coefficient (Wildman–Crippen LogP) is 2.56. The Morgan fingerprint density at radius 1 is 1.21 bits per heavy atom. The van der Waals surface area contributed by atoms with Gasteiger partial charge in [0, 0.05) is 31.7 Å². The lowest BCUT2D eigenvalue weighted by molar-refractivity contribution is 0.0679. The summed E-state index contributed by atoms with van der Waals surface area (Å²) < 4.78 is 29.8. The molecule has 1 aliphatic heterocycles. The van der Waals surface area contributed by atoms with Crippen LogP contribution in [0.2, 0.25) is 0 Å². The third-order valence-electron chi connectivity index (χ3n) is 6.07. The Morgan fingerprint density at radius 3 is 2.57 bits per heavy atom. The van der Waals surface area contributed by atoms with Gasteiger partial charge in [-0.1, -0.05) is 32.9 Å². The number of halogens is 1. The highest BCUT2D eigenvalue weighted by atomic mass is 35.5. The van der Waals surface area contributed by atoms with Crippen LogP contribution in [0.25, 0.3) is 0 Å². The zero-order valence-corrected chi connectivity index (χ0v) is 18.7. The van der Waals surface area contributed by atoms with E-state index in [-0.39, 0.29) is 18.4 Å². The fraction of sp³-hybridized carbons (Fsp3) is 0.700. The summed E-state index contributed by atoms with van der Waals surface area (Å²) in [4.78, 5) is 2.45. The fourth-order valence-corrected chi connectivity index (χ4v) is 6.26. The van der Waals surface area contributed by atoms with Crippen LogP contribution in [0.4, 0.5) is 0 Å². The van der Waals surface area contributed by atoms with E-state index in [9.17, 15) is 13.5 Å². The molecule has 0 spiro atoms. The molecule has 3 rings (SSSR count). The molecule has 3 atom stereocenters. The van der Waals surface area contributed by atoms with E-state index in [0.29, 0.717) is 30.8 Å². The number of fused-ring (bicyclic) bond motifs is 2. The van der Waals surface area contributed by atoms with Gasteiger partial charge < -0.3 is 5.11 Å². The van der Waals surface area contributed by atoms with E-state index in [1.807, 2.05) is 19.9 Å². The maximum Gasteiger partial charge on any atom is 0.279 e. The van der Waals surface area contributed by atoms with Gasteiger partial charge >= 0.3 is 0 Å². The minimum atomic E-state index is -3.46. The monoisotopic (exact) mass is 431 g/mol. The van der Waals surface area contributed by atoms with Crippen molar-refractivity contribution in [3.8, 4) is 5.75 Å². The third kappa shape index (κ3) is 4.82. The maximum atomic E-state index is 12.7. The highest BCUT2D eigenvalue weighted by Crippen LogP contribution is 2.38. The van der Waals surface area contributed by atoms with Crippen LogP contribution in [0.5, 0.6) is 5.75 Å². The number of hydrogen-bond acceptors (Lipinski definition) is 4. The van der Waals surface area contributed by atoms with Gasteiger partial charge in [0.05, 0.1) is 0 Å². The van der Waals surface area contributed by atoms with Crippen molar-refractivity contribution in [3.63, 3.8) is 0 Å². The smallest absolute Gasteiger partial charge is 0.279 e. The lowest BCUT2D eigenvalue weighted by Gasteiger charge is -2.47. The van der Waals surface area contributed by atoms with Gasteiger partial charge in [0.25, 0.3) is 10.2 Å². The SMILES string of the molecule is CCCN1C[C@@H](NS(=O)(=O)N(CC)CC)C[C@@H]2Cc3c(O)cccc3C[C@H]21.Cl. The summed E-state index contributed by atoms with van der Waals surface area (Å²) in [5, 5.41) is 10.3. The first kappa shape index (κ1) is 23.4. The number of piperidine rings is 1. The molecule has 6 nitrogen and oxygen atoms in total. The number of nitrogens with zero attached hydrogens (tertiary/aromatic N) is 2. The van der Waals surface area contributed by atoms with Crippen molar-refractivity contribution in [1.29, 1.82) is 0 Å². The van der Waals surface area contributed by atoms with Crippen molar-refractivity contribution in [1.82, 2.24) is 13.9 Å². The molecule has 0 saturated carbocycles. The number of phenols is 1. The summed E-state index contributed by atoms with van der Waals surface area (Å²) in [6.45, 7) is 8.58. The lowest BCUT2D eigenvalue weighted by atomic mass is 9.74. The minimum absolute atomic E-state index is 0. The van der Waals surface area contributed by atoms with Crippen LogP contribution in [-0.2, 0) is 23.1 Å². The molecule has 0 radical (unpaired) electrons. The zero-order valence-electron chi connectivity index (χ0n) is 17.1. The Hall–Kier alpha value is -0.860. The number of benzene rings is 1. The van der Waals surface area contributed by atoms with Crippen LogP contribution in [0.1, 0.15) is 44.7 Å². The topological polar surface area (TPSA) is 72.9 Å². The first-order chi connectivity index (χ1) is 12.9. The van der Waals surface area contributed by atoms with Crippen LogP contribution in [0, 0.1) is 5.92 Å². The average Bonchev–Trinajstić information content (AvgIpc) is 2.62. The van der Waals surface area contributed by atoms with Crippen LogP contribution in [0.15, 0.2) is 18.2 Å². The Morgan fingerprint density at radius 2 is 1.93 bits per heavy atom. The minimum Gasteiger partial charge on any atom is -0.508 e. The second-order valence-electron chi connectivity index (χ2n) is 7.79. The molecule has 1 fully saturated rings. The first-order valence-corrected chi connectivity index (χ1v) is 11.6. The quantitative estimate of drug-likeness (QED) is 0.695. The van der Waals surface area contributed by atoms with Crippen molar-refractivity contribution in [3.05, 3.63) is 29.3 Å². The Balaban J connectivity index is 0.00000280. The van der Waals surface area contributed by atoms with Crippen molar-refractivity contribution >= 4 is 22.6 Å². The Bertz CT molecular complexity index is 755. The highest BCUT2D eigenvalue weighted by molar-refractivity contribution is 7.87. The predicted molar refractivity (Wildman–Crippen MR) is 115 cm³/mol. The normalized spacial score (nSPS) is 25.1. The molecule has 0 unspecified atom stereocenters. The molecule has 1 aromatic rings. The molecule has 1 saturated heterocycles. The van der Waals surface area contributed by atoms with Crippen LogP contribution in [-0.4, -0.2) is 61.0 Å². The molecule has 1 aromatic carbocycles. The largest absolute Gasteiger partial charge is 0.508 e. The van der Waals surface area contributed by atoms with Crippen molar-refractivity contribution in [2.24, 2.45) is 5.92 Å². The fourth-order valence-electron chi connectivity index (χ4n) is 4.84. The maximum absolute atomic E-state index is 12.7. The summed E-state index contributed by atoms with van der Waals surface area (Å²) in [6.07, 6.45) is 3.62. The molecule has 0 amide bonds. The molecule has 1 aliphatic carbocycles. The third-order valence-corrected chi connectivity index (χ3v) is 7.90. The van der Waals surface area contributed by atoms with Gasteiger partial charge in [-0.15, -0.1) is 12.4 Å². The standard InChI is InChI=1S/C20H33N3O3S.ClH/c1-4-10-22-14-17(21-27(25,26)23(5-2)6-3)11-16-12-18-15(13-19(16)22)8-7-9-20(18)24;/h7-9,16-17,19,21,24H,4-6,10-14H2,1-3H3;1H/t16-,17+,19-;/m1./s1. The van der Waals surface area contributed by atoms with E-state index < -0.39 is 10.2 Å². The highest BCUT2D eigenvalue weighted by Gasteiger charge is 2.40. The van der Waals surface area contributed by atoms with E-state index in [2.05, 4.69) is 22.6 Å². The van der Waals surface area contributed by atoms with Gasteiger partial charge in [-0.2, -0.15) is 17.4 Å². The van der Waals surface area contributed by atoms with Crippen LogP contribution in [0.3, 0.4) is 0 Å². The van der Waals surface area contributed by atoms with Crippen LogP contribution < -0.4 is 4.72 Å². The summed E-state index contributed by atoms with van der Waals surface area (Å²) in [5.41, 5.74) is 2.28. The van der Waals surface area contributed by atoms with E-state index in [0.717, 1.165) is 44.3 Å². The van der Waals surface area contributed by atoms with Gasteiger partial charge in [-0.05, 0) is 55.3 Å². The average molecular weight is 432 g/mol. The molecule has 28 heavy (non-hydrogen) atoms. The number of hydrogen-bond donors (Lipinski definition) is 2. The van der Waals surface area contributed by atoms with E-state index in [4.69, 9.17) is 0 Å². The molecule has 8 heteroatoms. The second kappa shape index (κ2) is 9.76. The number of likely N-dealkylation sites (tertiary alicyclic amines) is 1.